The lowest BCUT2D eigenvalue weighted by atomic mass is 10.1. The van der Waals surface area contributed by atoms with Crippen LogP contribution in [0.5, 0.6) is 0 Å². The van der Waals surface area contributed by atoms with Crippen molar-refractivity contribution in [2.45, 2.75) is 20.5 Å². The van der Waals surface area contributed by atoms with Crippen molar-refractivity contribution in [3.05, 3.63) is 47.0 Å². The molecule has 0 atom stereocenters. The van der Waals surface area contributed by atoms with Crippen LogP contribution in [0.25, 0.3) is 11.4 Å². The molecule has 0 saturated carbocycles. The molecule has 0 unspecified atom stereocenters. The van der Waals surface area contributed by atoms with Gasteiger partial charge < -0.3 is 5.11 Å². The Hall–Kier alpha value is -1.81. The largest absolute Gasteiger partial charge is 0.390 e. The summed E-state index contributed by atoms with van der Waals surface area (Å²) >= 11 is 0. The van der Waals surface area contributed by atoms with Crippen molar-refractivity contribution in [3.8, 4) is 11.4 Å². The molecule has 0 radical (unpaired) electrons. The fourth-order valence-corrected chi connectivity index (χ4v) is 1.67. The predicted molar refractivity (Wildman–Crippen MR) is 62.8 cm³/mol. The Morgan fingerprint density at radius 1 is 1.18 bits per heavy atom. The van der Waals surface area contributed by atoms with E-state index in [9.17, 15) is 4.39 Å². The molecule has 1 aromatic carbocycles. The summed E-state index contributed by atoms with van der Waals surface area (Å²) in [5, 5.41) is 9.09. The maximum atomic E-state index is 13.2. The highest BCUT2D eigenvalue weighted by Gasteiger charge is 2.08. The SMILES string of the molecule is Cc1cc(CO)nc(-c2cc(F)ccc2C)n1. The second-order valence-corrected chi connectivity index (χ2v) is 3.94. The van der Waals surface area contributed by atoms with E-state index in [1.165, 1.54) is 12.1 Å². The first-order chi connectivity index (χ1) is 8.10. The minimum Gasteiger partial charge on any atom is -0.390 e. The van der Waals surface area contributed by atoms with Crippen LogP contribution in [0.15, 0.2) is 24.3 Å². The van der Waals surface area contributed by atoms with Crippen molar-refractivity contribution < 1.29 is 9.50 Å². The van der Waals surface area contributed by atoms with Crippen molar-refractivity contribution in [1.29, 1.82) is 0 Å². The first-order valence-electron chi connectivity index (χ1n) is 5.32. The molecular weight excluding hydrogens is 219 g/mol. The molecule has 3 nitrogen and oxygen atoms in total. The molecule has 4 heteroatoms. The summed E-state index contributed by atoms with van der Waals surface area (Å²) in [5.41, 5.74) is 2.85. The molecule has 2 rings (SSSR count). The molecular formula is C13H13FN2O. The summed E-state index contributed by atoms with van der Waals surface area (Å²) in [4.78, 5) is 8.46. The molecule has 0 aliphatic rings. The fourth-order valence-electron chi connectivity index (χ4n) is 1.67. The Labute approximate surface area is 99.0 Å². The molecule has 2 aromatic rings. The van der Waals surface area contributed by atoms with E-state index in [1.54, 1.807) is 12.1 Å². The van der Waals surface area contributed by atoms with Crippen LogP contribution in [-0.2, 0) is 6.61 Å². The van der Waals surface area contributed by atoms with Crippen molar-refractivity contribution >= 4 is 0 Å². The number of benzene rings is 1. The van der Waals surface area contributed by atoms with Gasteiger partial charge in [-0.1, -0.05) is 6.07 Å². The number of hydrogen-bond donors (Lipinski definition) is 1. The van der Waals surface area contributed by atoms with Crippen LogP contribution < -0.4 is 0 Å². The van der Waals surface area contributed by atoms with Gasteiger partial charge in [-0.3, -0.25) is 0 Å². The average molecular weight is 232 g/mol. The van der Waals surface area contributed by atoms with Gasteiger partial charge >= 0.3 is 0 Å². The van der Waals surface area contributed by atoms with E-state index in [0.29, 0.717) is 17.1 Å². The molecule has 0 aliphatic carbocycles. The van der Waals surface area contributed by atoms with E-state index in [4.69, 9.17) is 5.11 Å². The number of aliphatic hydroxyl groups excluding tert-OH is 1. The second-order valence-electron chi connectivity index (χ2n) is 3.94. The highest BCUT2D eigenvalue weighted by molar-refractivity contribution is 5.60. The Bertz CT molecular complexity index is 555. The topological polar surface area (TPSA) is 46.0 Å². The summed E-state index contributed by atoms with van der Waals surface area (Å²) in [6.45, 7) is 3.54. The Kier molecular flexibility index (Phi) is 3.15. The number of aryl methyl sites for hydroxylation is 2. The van der Waals surface area contributed by atoms with Gasteiger partial charge in [0.05, 0.1) is 12.3 Å². The molecule has 1 N–H and O–H groups in total. The third-order valence-corrected chi connectivity index (χ3v) is 2.51. The highest BCUT2D eigenvalue weighted by Crippen LogP contribution is 2.21. The zero-order chi connectivity index (χ0) is 12.4. The van der Waals surface area contributed by atoms with Gasteiger partial charge in [0.2, 0.25) is 0 Å². The third kappa shape index (κ3) is 2.47. The predicted octanol–water partition coefficient (Wildman–Crippen LogP) is 2.39. The Morgan fingerprint density at radius 3 is 2.65 bits per heavy atom. The summed E-state index contributed by atoms with van der Waals surface area (Å²) < 4.78 is 13.2. The molecule has 0 bridgehead atoms. The summed E-state index contributed by atoms with van der Waals surface area (Å²) in [5.74, 6) is 0.132. The number of aromatic nitrogens is 2. The lowest BCUT2D eigenvalue weighted by Gasteiger charge is -2.07. The van der Waals surface area contributed by atoms with E-state index in [1.807, 2.05) is 13.8 Å². The molecule has 17 heavy (non-hydrogen) atoms. The van der Waals surface area contributed by atoms with E-state index in [2.05, 4.69) is 9.97 Å². The van der Waals surface area contributed by atoms with Crippen molar-refractivity contribution in [2.75, 3.05) is 0 Å². The van der Waals surface area contributed by atoms with Crippen LogP contribution >= 0.6 is 0 Å². The number of aliphatic hydroxyl groups is 1. The molecule has 1 heterocycles. The molecule has 88 valence electrons. The minimum absolute atomic E-state index is 0.148. The third-order valence-electron chi connectivity index (χ3n) is 2.51. The first-order valence-corrected chi connectivity index (χ1v) is 5.32. The van der Waals surface area contributed by atoms with Gasteiger partial charge in [-0.05, 0) is 37.6 Å². The quantitative estimate of drug-likeness (QED) is 0.864. The first kappa shape index (κ1) is 11.7. The van der Waals surface area contributed by atoms with Crippen LogP contribution in [-0.4, -0.2) is 15.1 Å². The molecule has 0 spiro atoms. The molecule has 0 aliphatic heterocycles. The van der Waals surface area contributed by atoms with Crippen molar-refractivity contribution in [1.82, 2.24) is 9.97 Å². The lowest BCUT2D eigenvalue weighted by Crippen LogP contribution is -1.99. The van der Waals surface area contributed by atoms with Crippen LogP contribution in [0.1, 0.15) is 17.0 Å². The van der Waals surface area contributed by atoms with E-state index in [-0.39, 0.29) is 12.4 Å². The summed E-state index contributed by atoms with van der Waals surface area (Å²) in [6, 6.07) is 6.21. The minimum atomic E-state index is -0.318. The number of hydrogen-bond acceptors (Lipinski definition) is 3. The molecule has 0 amide bonds. The Morgan fingerprint density at radius 2 is 1.94 bits per heavy atom. The van der Waals surface area contributed by atoms with E-state index in [0.717, 1.165) is 11.3 Å². The lowest BCUT2D eigenvalue weighted by molar-refractivity contribution is 0.276. The monoisotopic (exact) mass is 232 g/mol. The van der Waals surface area contributed by atoms with Gasteiger partial charge in [0, 0.05) is 11.3 Å². The number of halogens is 1. The van der Waals surface area contributed by atoms with E-state index >= 15 is 0 Å². The zero-order valence-electron chi connectivity index (χ0n) is 9.74. The summed E-state index contributed by atoms with van der Waals surface area (Å²) in [7, 11) is 0. The smallest absolute Gasteiger partial charge is 0.160 e. The molecule has 1 aromatic heterocycles. The zero-order valence-corrected chi connectivity index (χ0v) is 9.74. The van der Waals surface area contributed by atoms with Gasteiger partial charge in [0.15, 0.2) is 5.82 Å². The number of nitrogens with zero attached hydrogens (tertiary/aromatic N) is 2. The average Bonchev–Trinajstić information content (AvgIpc) is 2.31. The van der Waals surface area contributed by atoms with Crippen LogP contribution in [0.2, 0.25) is 0 Å². The van der Waals surface area contributed by atoms with Crippen LogP contribution in [0, 0.1) is 19.7 Å². The maximum Gasteiger partial charge on any atom is 0.160 e. The van der Waals surface area contributed by atoms with E-state index < -0.39 is 0 Å². The van der Waals surface area contributed by atoms with Gasteiger partial charge in [-0.2, -0.15) is 0 Å². The van der Waals surface area contributed by atoms with Crippen LogP contribution in [0.4, 0.5) is 4.39 Å². The van der Waals surface area contributed by atoms with Gasteiger partial charge in [-0.25, -0.2) is 14.4 Å². The molecule has 0 saturated heterocycles. The number of rotatable bonds is 2. The van der Waals surface area contributed by atoms with Crippen molar-refractivity contribution in [2.24, 2.45) is 0 Å². The normalized spacial score (nSPS) is 10.6. The second kappa shape index (κ2) is 4.59. The van der Waals surface area contributed by atoms with Gasteiger partial charge in [-0.15, -0.1) is 0 Å². The standard InChI is InChI=1S/C13H13FN2O/c1-8-3-4-10(14)6-12(8)13-15-9(2)5-11(7-17)16-13/h3-6,17H,7H2,1-2H3. The van der Waals surface area contributed by atoms with Crippen LogP contribution in [0.3, 0.4) is 0 Å². The summed E-state index contributed by atoms with van der Waals surface area (Å²) in [6.07, 6.45) is 0. The fraction of sp³-hybridized carbons (Fsp3) is 0.231. The highest BCUT2D eigenvalue weighted by atomic mass is 19.1. The van der Waals surface area contributed by atoms with Gasteiger partial charge in [0.25, 0.3) is 0 Å². The van der Waals surface area contributed by atoms with Crippen molar-refractivity contribution in [3.63, 3.8) is 0 Å². The Balaban J connectivity index is 2.59. The van der Waals surface area contributed by atoms with Gasteiger partial charge in [0.1, 0.15) is 5.82 Å². The maximum absolute atomic E-state index is 13.2. The molecule has 0 fully saturated rings.